The molecule has 0 amide bonds. The number of aliphatic imine (C=N–C) groups is 1. The number of aromatic nitrogens is 2. The molecule has 1 aliphatic heterocycles. The van der Waals surface area contributed by atoms with Gasteiger partial charge in [0.15, 0.2) is 5.96 Å². The molecule has 0 saturated carbocycles. The predicted octanol–water partition coefficient (Wildman–Crippen LogP) is 2.02. The van der Waals surface area contributed by atoms with Crippen LogP contribution in [0.25, 0.3) is 0 Å². The summed E-state index contributed by atoms with van der Waals surface area (Å²) in [6, 6.07) is 10.1. The molecule has 0 spiro atoms. The topological polar surface area (TPSA) is 81.3 Å². The Bertz CT molecular complexity index is 800. The molecule has 0 aliphatic carbocycles. The van der Waals surface area contributed by atoms with E-state index in [1.165, 1.54) is 5.69 Å². The molecule has 1 aromatic carbocycles. The summed E-state index contributed by atoms with van der Waals surface area (Å²) in [4.78, 5) is 7.09. The van der Waals surface area contributed by atoms with E-state index in [1.807, 2.05) is 42.2 Å². The highest BCUT2D eigenvalue weighted by atomic mass is 15.3. The van der Waals surface area contributed by atoms with Crippen LogP contribution < -0.4 is 15.5 Å². The number of benzene rings is 1. The predicted molar refractivity (Wildman–Crippen MR) is 108 cm³/mol. The normalized spacial score (nSPS) is 17.4. The van der Waals surface area contributed by atoms with Gasteiger partial charge < -0.3 is 15.5 Å². The molecule has 1 aromatic heterocycles. The molecule has 1 saturated heterocycles. The van der Waals surface area contributed by atoms with Crippen LogP contribution in [0.2, 0.25) is 0 Å². The van der Waals surface area contributed by atoms with Gasteiger partial charge >= 0.3 is 0 Å². The van der Waals surface area contributed by atoms with Crippen LogP contribution in [0.1, 0.15) is 30.9 Å². The van der Waals surface area contributed by atoms with Gasteiger partial charge in [0, 0.05) is 38.9 Å². The molecule has 27 heavy (non-hydrogen) atoms. The zero-order valence-corrected chi connectivity index (χ0v) is 16.0. The van der Waals surface area contributed by atoms with Crippen LogP contribution in [0.5, 0.6) is 0 Å². The average molecular weight is 365 g/mol. The van der Waals surface area contributed by atoms with Gasteiger partial charge in [0.25, 0.3) is 0 Å². The number of aryl methyl sites for hydroxylation is 1. The maximum Gasteiger partial charge on any atom is 0.191 e. The third-order valence-electron chi connectivity index (χ3n) is 4.67. The molecule has 0 bridgehead atoms. The second-order valence-corrected chi connectivity index (χ2v) is 6.81. The van der Waals surface area contributed by atoms with Crippen molar-refractivity contribution in [1.29, 1.82) is 5.26 Å². The summed E-state index contributed by atoms with van der Waals surface area (Å²) >= 11 is 0. The van der Waals surface area contributed by atoms with Gasteiger partial charge in [-0.25, -0.2) is 4.99 Å². The van der Waals surface area contributed by atoms with Crippen LogP contribution in [-0.2, 0) is 13.6 Å². The highest BCUT2D eigenvalue weighted by Crippen LogP contribution is 2.19. The van der Waals surface area contributed by atoms with Gasteiger partial charge in [0.1, 0.15) is 0 Å². The summed E-state index contributed by atoms with van der Waals surface area (Å²) in [7, 11) is 1.95. The first-order valence-corrected chi connectivity index (χ1v) is 9.45. The number of anilines is 1. The number of nitrogens with one attached hydrogen (secondary N) is 2. The van der Waals surface area contributed by atoms with E-state index in [2.05, 4.69) is 39.8 Å². The maximum absolute atomic E-state index is 8.90. The van der Waals surface area contributed by atoms with Crippen molar-refractivity contribution in [3.63, 3.8) is 0 Å². The number of nitrogens with zero attached hydrogens (tertiary/aromatic N) is 5. The SMILES string of the molecule is CCNC(=NCc1ccc(C#N)cc1)NC1CCCN(c2cnn(C)c2)C1. The Morgan fingerprint density at radius 2 is 2.19 bits per heavy atom. The van der Waals surface area contributed by atoms with Gasteiger partial charge in [0.2, 0.25) is 0 Å². The van der Waals surface area contributed by atoms with Crippen molar-refractivity contribution < 1.29 is 0 Å². The molecule has 7 nitrogen and oxygen atoms in total. The van der Waals surface area contributed by atoms with Gasteiger partial charge in [-0.05, 0) is 37.5 Å². The number of hydrogen-bond acceptors (Lipinski definition) is 4. The Labute approximate surface area is 160 Å². The molecular formula is C20H27N7. The minimum atomic E-state index is 0.345. The molecule has 2 heterocycles. The molecule has 2 aromatic rings. The van der Waals surface area contributed by atoms with Crippen molar-refractivity contribution in [2.75, 3.05) is 24.5 Å². The van der Waals surface area contributed by atoms with Gasteiger partial charge in [-0.1, -0.05) is 12.1 Å². The smallest absolute Gasteiger partial charge is 0.191 e. The van der Waals surface area contributed by atoms with E-state index in [1.54, 1.807) is 0 Å². The van der Waals surface area contributed by atoms with E-state index in [4.69, 9.17) is 10.3 Å². The molecule has 0 radical (unpaired) electrons. The van der Waals surface area contributed by atoms with Crippen molar-refractivity contribution >= 4 is 11.6 Å². The minimum absolute atomic E-state index is 0.345. The maximum atomic E-state index is 8.90. The summed E-state index contributed by atoms with van der Waals surface area (Å²) in [6.45, 7) is 5.47. The minimum Gasteiger partial charge on any atom is -0.367 e. The molecule has 7 heteroatoms. The fraction of sp³-hybridized carbons (Fsp3) is 0.450. The van der Waals surface area contributed by atoms with E-state index in [0.717, 1.165) is 44.0 Å². The Kier molecular flexibility index (Phi) is 6.31. The molecule has 3 rings (SSSR count). The summed E-state index contributed by atoms with van der Waals surface area (Å²) in [5.41, 5.74) is 2.93. The standard InChI is InChI=1S/C20H27N7/c1-3-22-20(23-12-17-8-6-16(11-21)7-9-17)25-18-5-4-10-27(14-18)19-13-24-26(2)15-19/h6-9,13,15,18H,3-5,10,12,14H2,1-2H3,(H2,22,23,25). The lowest BCUT2D eigenvalue weighted by atomic mass is 10.1. The van der Waals surface area contributed by atoms with Crippen molar-refractivity contribution in [3.8, 4) is 6.07 Å². The van der Waals surface area contributed by atoms with Crippen molar-refractivity contribution in [2.45, 2.75) is 32.4 Å². The van der Waals surface area contributed by atoms with Crippen LogP contribution in [0.15, 0.2) is 41.7 Å². The number of nitriles is 1. The van der Waals surface area contributed by atoms with Gasteiger partial charge in [0.05, 0.1) is 30.1 Å². The lowest BCUT2D eigenvalue weighted by molar-refractivity contribution is 0.468. The average Bonchev–Trinajstić information content (AvgIpc) is 3.13. The molecule has 1 fully saturated rings. The van der Waals surface area contributed by atoms with Gasteiger partial charge in [-0.3, -0.25) is 4.68 Å². The first-order valence-electron chi connectivity index (χ1n) is 9.45. The fourth-order valence-corrected chi connectivity index (χ4v) is 3.27. The number of rotatable bonds is 5. The highest BCUT2D eigenvalue weighted by molar-refractivity contribution is 5.80. The first-order chi connectivity index (χ1) is 13.2. The summed E-state index contributed by atoms with van der Waals surface area (Å²) in [5, 5.41) is 20.1. The van der Waals surface area contributed by atoms with Crippen LogP contribution in [0.4, 0.5) is 5.69 Å². The number of guanidine groups is 1. The summed E-state index contributed by atoms with van der Waals surface area (Å²) in [5.74, 6) is 0.833. The second kappa shape index (κ2) is 9.08. The van der Waals surface area contributed by atoms with Crippen molar-refractivity contribution in [1.82, 2.24) is 20.4 Å². The molecule has 2 N–H and O–H groups in total. The Morgan fingerprint density at radius 3 is 2.85 bits per heavy atom. The largest absolute Gasteiger partial charge is 0.367 e. The van der Waals surface area contributed by atoms with E-state index in [-0.39, 0.29) is 0 Å². The number of hydrogen-bond donors (Lipinski definition) is 2. The highest BCUT2D eigenvalue weighted by Gasteiger charge is 2.21. The molecule has 1 atom stereocenters. The van der Waals surface area contributed by atoms with Crippen molar-refractivity contribution in [3.05, 3.63) is 47.8 Å². The monoisotopic (exact) mass is 365 g/mol. The first kappa shape index (κ1) is 18.8. The third-order valence-corrected chi connectivity index (χ3v) is 4.67. The molecular weight excluding hydrogens is 338 g/mol. The second-order valence-electron chi connectivity index (χ2n) is 6.81. The fourth-order valence-electron chi connectivity index (χ4n) is 3.27. The Morgan fingerprint density at radius 1 is 1.37 bits per heavy atom. The quantitative estimate of drug-likeness (QED) is 0.626. The van der Waals surface area contributed by atoms with Crippen LogP contribution in [0.3, 0.4) is 0 Å². The lowest BCUT2D eigenvalue weighted by Gasteiger charge is -2.34. The third kappa shape index (κ3) is 5.23. The van der Waals surface area contributed by atoms with Crippen LogP contribution in [0, 0.1) is 11.3 Å². The van der Waals surface area contributed by atoms with Crippen LogP contribution >= 0.6 is 0 Å². The van der Waals surface area contributed by atoms with Crippen molar-refractivity contribution in [2.24, 2.45) is 12.0 Å². The molecule has 1 aliphatic rings. The molecule has 142 valence electrons. The summed E-state index contributed by atoms with van der Waals surface area (Å²) in [6.07, 6.45) is 6.25. The summed E-state index contributed by atoms with van der Waals surface area (Å²) < 4.78 is 1.84. The Balaban J connectivity index is 1.61. The van der Waals surface area contributed by atoms with Gasteiger partial charge in [-0.15, -0.1) is 0 Å². The van der Waals surface area contributed by atoms with E-state index < -0.39 is 0 Å². The van der Waals surface area contributed by atoms with E-state index in [0.29, 0.717) is 18.2 Å². The Hall–Kier alpha value is -3.01. The van der Waals surface area contributed by atoms with Gasteiger partial charge in [-0.2, -0.15) is 10.4 Å². The van der Waals surface area contributed by atoms with E-state index >= 15 is 0 Å². The van der Waals surface area contributed by atoms with Crippen LogP contribution in [-0.4, -0.2) is 41.4 Å². The number of piperidine rings is 1. The van der Waals surface area contributed by atoms with E-state index in [9.17, 15) is 0 Å². The zero-order chi connectivity index (χ0) is 19.1. The zero-order valence-electron chi connectivity index (χ0n) is 16.0. The molecule has 1 unspecified atom stereocenters. The lowest BCUT2D eigenvalue weighted by Crippen LogP contribution is -2.51.